The van der Waals surface area contributed by atoms with Gasteiger partial charge in [-0.25, -0.2) is 4.79 Å². The van der Waals surface area contributed by atoms with Gasteiger partial charge in [-0.1, -0.05) is 0 Å². The summed E-state index contributed by atoms with van der Waals surface area (Å²) in [7, 11) is 1.71. The number of nitrogens with zero attached hydrogens (tertiary/aromatic N) is 3. The third kappa shape index (κ3) is 3.36. The predicted molar refractivity (Wildman–Crippen MR) is 66.6 cm³/mol. The molecule has 0 atom stereocenters. The zero-order valence-electron chi connectivity index (χ0n) is 11.0. The van der Waals surface area contributed by atoms with Crippen LogP contribution in [0.4, 0.5) is 4.79 Å². The van der Waals surface area contributed by atoms with E-state index >= 15 is 0 Å². The van der Waals surface area contributed by atoms with E-state index in [1.807, 2.05) is 0 Å². The largest absolute Gasteiger partial charge is 0.480 e. The van der Waals surface area contributed by atoms with Gasteiger partial charge in [0.1, 0.15) is 13.1 Å². The SMILES string of the molecule is CN1CCCN(C(=O)N(CC(=O)O)C2CC2)CC1=O. The van der Waals surface area contributed by atoms with Crippen molar-refractivity contribution >= 4 is 17.9 Å². The standard InChI is InChI=1S/C12H19N3O4/c1-13-5-2-6-14(7-10(13)16)12(19)15(8-11(17)18)9-3-4-9/h9H,2-8H2,1H3,(H,17,18). The fourth-order valence-corrected chi connectivity index (χ4v) is 2.22. The van der Waals surface area contributed by atoms with E-state index < -0.39 is 5.97 Å². The van der Waals surface area contributed by atoms with Gasteiger partial charge < -0.3 is 19.8 Å². The summed E-state index contributed by atoms with van der Waals surface area (Å²) >= 11 is 0. The molecule has 19 heavy (non-hydrogen) atoms. The summed E-state index contributed by atoms with van der Waals surface area (Å²) in [5, 5.41) is 8.87. The maximum Gasteiger partial charge on any atom is 0.323 e. The summed E-state index contributed by atoms with van der Waals surface area (Å²) < 4.78 is 0. The summed E-state index contributed by atoms with van der Waals surface area (Å²) in [6.45, 7) is 0.880. The first kappa shape index (κ1) is 13.6. The summed E-state index contributed by atoms with van der Waals surface area (Å²) in [5.74, 6) is -1.12. The van der Waals surface area contributed by atoms with Crippen LogP contribution in [-0.4, -0.2) is 77.0 Å². The van der Waals surface area contributed by atoms with Crippen LogP contribution in [0.1, 0.15) is 19.3 Å². The van der Waals surface area contributed by atoms with Crippen molar-refractivity contribution in [1.82, 2.24) is 14.7 Å². The lowest BCUT2D eigenvalue weighted by atomic mass is 10.4. The summed E-state index contributed by atoms with van der Waals surface area (Å²) in [6.07, 6.45) is 2.42. The van der Waals surface area contributed by atoms with Gasteiger partial charge in [-0.15, -0.1) is 0 Å². The monoisotopic (exact) mass is 269 g/mol. The third-order valence-electron chi connectivity index (χ3n) is 3.48. The van der Waals surface area contributed by atoms with Crippen LogP contribution in [0.5, 0.6) is 0 Å². The Bertz CT molecular complexity index is 394. The molecule has 7 nitrogen and oxygen atoms in total. The van der Waals surface area contributed by atoms with Crippen LogP contribution in [0.2, 0.25) is 0 Å². The molecule has 2 aliphatic rings. The van der Waals surface area contributed by atoms with E-state index in [0.717, 1.165) is 19.3 Å². The molecule has 0 bridgehead atoms. The maximum absolute atomic E-state index is 12.3. The molecule has 0 radical (unpaired) electrons. The highest BCUT2D eigenvalue weighted by Crippen LogP contribution is 2.27. The zero-order chi connectivity index (χ0) is 14.0. The van der Waals surface area contributed by atoms with Gasteiger partial charge in [0.2, 0.25) is 5.91 Å². The van der Waals surface area contributed by atoms with Crippen molar-refractivity contribution in [3.8, 4) is 0 Å². The fourth-order valence-electron chi connectivity index (χ4n) is 2.22. The van der Waals surface area contributed by atoms with Gasteiger partial charge in [-0.05, 0) is 19.3 Å². The number of rotatable bonds is 3. The lowest BCUT2D eigenvalue weighted by molar-refractivity contribution is -0.137. The normalized spacial score (nSPS) is 20.2. The fraction of sp³-hybridized carbons (Fsp3) is 0.750. The average molecular weight is 269 g/mol. The van der Waals surface area contributed by atoms with Crippen molar-refractivity contribution < 1.29 is 19.5 Å². The summed E-state index contributed by atoms with van der Waals surface area (Å²) in [4.78, 5) is 39.4. The van der Waals surface area contributed by atoms with E-state index in [1.165, 1.54) is 9.80 Å². The average Bonchev–Trinajstić information content (AvgIpc) is 3.16. The number of carbonyl (C=O) groups excluding carboxylic acids is 2. The Morgan fingerprint density at radius 1 is 1.37 bits per heavy atom. The van der Waals surface area contributed by atoms with Crippen molar-refractivity contribution in [2.24, 2.45) is 0 Å². The van der Waals surface area contributed by atoms with E-state index in [2.05, 4.69) is 0 Å². The molecule has 1 aliphatic heterocycles. The Morgan fingerprint density at radius 2 is 2.05 bits per heavy atom. The number of carbonyl (C=O) groups is 3. The van der Waals surface area contributed by atoms with Crippen LogP contribution >= 0.6 is 0 Å². The first-order valence-electron chi connectivity index (χ1n) is 6.50. The molecule has 0 aromatic heterocycles. The van der Waals surface area contributed by atoms with Gasteiger partial charge in [0.25, 0.3) is 0 Å². The highest BCUT2D eigenvalue weighted by atomic mass is 16.4. The number of hydrogen-bond donors (Lipinski definition) is 1. The minimum absolute atomic E-state index is 0.0275. The van der Waals surface area contributed by atoms with Gasteiger partial charge >= 0.3 is 12.0 Å². The Hall–Kier alpha value is -1.79. The smallest absolute Gasteiger partial charge is 0.323 e. The van der Waals surface area contributed by atoms with E-state index in [9.17, 15) is 14.4 Å². The molecule has 106 valence electrons. The molecule has 1 saturated heterocycles. The van der Waals surface area contributed by atoms with Crippen LogP contribution in [0.15, 0.2) is 0 Å². The second-order valence-corrected chi connectivity index (χ2v) is 5.13. The van der Waals surface area contributed by atoms with Crippen molar-refractivity contribution in [1.29, 1.82) is 0 Å². The molecule has 1 N–H and O–H groups in total. The van der Waals surface area contributed by atoms with E-state index in [1.54, 1.807) is 11.9 Å². The lowest BCUT2D eigenvalue weighted by Crippen LogP contribution is -2.48. The van der Waals surface area contributed by atoms with Gasteiger partial charge in [-0.2, -0.15) is 0 Å². The highest BCUT2D eigenvalue weighted by molar-refractivity contribution is 5.86. The minimum Gasteiger partial charge on any atom is -0.480 e. The molecule has 0 spiro atoms. The maximum atomic E-state index is 12.3. The van der Waals surface area contributed by atoms with Crippen LogP contribution in [0.3, 0.4) is 0 Å². The molecule has 2 fully saturated rings. The predicted octanol–water partition coefficient (Wildman–Crippen LogP) is -0.180. The summed E-state index contributed by atoms with van der Waals surface area (Å²) in [6, 6.07) is -0.298. The molecule has 1 saturated carbocycles. The number of likely N-dealkylation sites (N-methyl/N-ethyl adjacent to an activating group) is 1. The second-order valence-electron chi connectivity index (χ2n) is 5.13. The third-order valence-corrected chi connectivity index (χ3v) is 3.48. The van der Waals surface area contributed by atoms with Crippen LogP contribution < -0.4 is 0 Å². The summed E-state index contributed by atoms with van der Waals surface area (Å²) in [5.41, 5.74) is 0. The molecular formula is C12H19N3O4. The number of aliphatic carboxylic acids is 1. The Kier molecular flexibility index (Phi) is 3.92. The van der Waals surface area contributed by atoms with E-state index in [0.29, 0.717) is 13.1 Å². The first-order chi connectivity index (χ1) is 8.99. The molecule has 3 amide bonds. The minimum atomic E-state index is -1.02. The Balaban J connectivity index is 2.03. The lowest BCUT2D eigenvalue weighted by Gasteiger charge is -2.28. The quantitative estimate of drug-likeness (QED) is 0.770. The molecule has 0 unspecified atom stereocenters. The number of amides is 3. The number of carboxylic acids is 1. The van der Waals surface area contributed by atoms with Crippen LogP contribution in [0, 0.1) is 0 Å². The first-order valence-corrected chi connectivity index (χ1v) is 6.50. The van der Waals surface area contributed by atoms with Gasteiger partial charge in [0.05, 0.1) is 0 Å². The highest BCUT2D eigenvalue weighted by Gasteiger charge is 2.37. The molecular weight excluding hydrogens is 250 g/mol. The molecule has 7 heteroatoms. The zero-order valence-corrected chi connectivity index (χ0v) is 11.0. The number of hydrogen-bond acceptors (Lipinski definition) is 3. The molecule has 0 aromatic rings. The van der Waals surface area contributed by atoms with Crippen LogP contribution in [0.25, 0.3) is 0 Å². The van der Waals surface area contributed by atoms with E-state index in [4.69, 9.17) is 5.11 Å². The van der Waals surface area contributed by atoms with Gasteiger partial charge in [-0.3, -0.25) is 9.59 Å². The van der Waals surface area contributed by atoms with Crippen LogP contribution in [-0.2, 0) is 9.59 Å². The van der Waals surface area contributed by atoms with Gasteiger partial charge in [0.15, 0.2) is 0 Å². The molecule has 1 aliphatic carbocycles. The van der Waals surface area contributed by atoms with Crippen molar-refractivity contribution in [2.75, 3.05) is 33.2 Å². The molecule has 0 aromatic carbocycles. The topological polar surface area (TPSA) is 81.2 Å². The van der Waals surface area contributed by atoms with Crippen molar-refractivity contribution in [3.05, 3.63) is 0 Å². The Morgan fingerprint density at radius 3 is 2.63 bits per heavy atom. The van der Waals surface area contributed by atoms with Crippen molar-refractivity contribution in [3.63, 3.8) is 0 Å². The number of carboxylic acid groups (broad SMARTS) is 1. The Labute approximate surface area is 111 Å². The molecule has 1 heterocycles. The van der Waals surface area contributed by atoms with E-state index in [-0.39, 0.29) is 31.1 Å². The molecule has 2 rings (SSSR count). The second kappa shape index (κ2) is 5.46. The number of urea groups is 1. The van der Waals surface area contributed by atoms with Crippen molar-refractivity contribution in [2.45, 2.75) is 25.3 Å². The van der Waals surface area contributed by atoms with Gasteiger partial charge in [0, 0.05) is 26.2 Å².